The summed E-state index contributed by atoms with van der Waals surface area (Å²) < 4.78 is 5.79. The van der Waals surface area contributed by atoms with Crippen LogP contribution in [0.15, 0.2) is 36.4 Å². The summed E-state index contributed by atoms with van der Waals surface area (Å²) in [5.74, 6) is 0.492. The molecule has 0 bridgehead atoms. The zero-order valence-corrected chi connectivity index (χ0v) is 14.7. The van der Waals surface area contributed by atoms with Gasteiger partial charge in [-0.05, 0) is 62.6 Å². The number of hydrogen-bond acceptors (Lipinski definition) is 2. The van der Waals surface area contributed by atoms with Crippen LogP contribution < -0.4 is 10.1 Å². The number of rotatable bonds is 5. The standard InChI is InChI=1S/C19H22ClNO2/c1-5-17(23-16-8-6-15(20)7-9-16)19(22)21-18-13(3)10-12(2)11-14(18)4/h6-11,17H,5H2,1-4H3,(H,21,22)/t17-/m1/s1. The molecule has 0 aliphatic rings. The average molecular weight is 332 g/mol. The highest BCUT2D eigenvalue weighted by molar-refractivity contribution is 6.30. The van der Waals surface area contributed by atoms with Crippen LogP contribution in [0.25, 0.3) is 0 Å². The first-order valence-electron chi connectivity index (χ1n) is 7.71. The summed E-state index contributed by atoms with van der Waals surface area (Å²) in [4.78, 5) is 12.5. The van der Waals surface area contributed by atoms with Gasteiger partial charge in [0.05, 0.1) is 0 Å². The molecule has 2 aromatic rings. The summed E-state index contributed by atoms with van der Waals surface area (Å²) in [7, 11) is 0. The van der Waals surface area contributed by atoms with Gasteiger partial charge in [-0.15, -0.1) is 0 Å². The second-order valence-electron chi connectivity index (χ2n) is 5.73. The Morgan fingerprint density at radius 3 is 2.22 bits per heavy atom. The normalized spacial score (nSPS) is 11.9. The Morgan fingerprint density at radius 1 is 1.13 bits per heavy atom. The van der Waals surface area contributed by atoms with Gasteiger partial charge >= 0.3 is 0 Å². The number of amides is 1. The van der Waals surface area contributed by atoms with Crippen molar-refractivity contribution in [2.75, 3.05) is 5.32 Å². The first-order chi connectivity index (χ1) is 10.9. The van der Waals surface area contributed by atoms with E-state index in [4.69, 9.17) is 16.3 Å². The molecule has 1 amide bonds. The number of carbonyl (C=O) groups excluding carboxylic acids is 1. The van der Waals surface area contributed by atoms with Gasteiger partial charge in [-0.2, -0.15) is 0 Å². The zero-order chi connectivity index (χ0) is 17.0. The molecule has 0 fully saturated rings. The maximum atomic E-state index is 12.5. The number of anilines is 1. The number of nitrogens with one attached hydrogen (secondary N) is 1. The summed E-state index contributed by atoms with van der Waals surface area (Å²) in [6.07, 6.45) is 0.0366. The molecule has 0 spiro atoms. The average Bonchev–Trinajstić information content (AvgIpc) is 2.50. The third-order valence-corrected chi connectivity index (χ3v) is 3.93. The molecule has 0 aliphatic heterocycles. The summed E-state index contributed by atoms with van der Waals surface area (Å²) in [6, 6.07) is 11.1. The van der Waals surface area contributed by atoms with Crippen LogP contribution in [0.2, 0.25) is 5.02 Å². The maximum Gasteiger partial charge on any atom is 0.265 e. The summed E-state index contributed by atoms with van der Waals surface area (Å²) in [5.41, 5.74) is 4.15. The lowest BCUT2D eigenvalue weighted by atomic mass is 10.0. The van der Waals surface area contributed by atoms with Crippen molar-refractivity contribution in [3.8, 4) is 5.75 Å². The summed E-state index contributed by atoms with van der Waals surface area (Å²) >= 11 is 5.86. The fourth-order valence-corrected chi connectivity index (χ4v) is 2.71. The van der Waals surface area contributed by atoms with Crippen LogP contribution in [0.3, 0.4) is 0 Å². The molecule has 0 heterocycles. The van der Waals surface area contributed by atoms with Gasteiger partial charge in [0.2, 0.25) is 0 Å². The monoisotopic (exact) mass is 331 g/mol. The number of ether oxygens (including phenoxy) is 1. The number of hydrogen-bond donors (Lipinski definition) is 1. The van der Waals surface area contributed by atoms with Crippen molar-refractivity contribution in [2.45, 2.75) is 40.2 Å². The first kappa shape index (κ1) is 17.4. The van der Waals surface area contributed by atoms with E-state index in [1.165, 1.54) is 5.56 Å². The topological polar surface area (TPSA) is 38.3 Å². The molecule has 122 valence electrons. The predicted octanol–water partition coefficient (Wildman–Crippen LogP) is 5.06. The molecule has 0 unspecified atom stereocenters. The fraction of sp³-hybridized carbons (Fsp3) is 0.316. The van der Waals surface area contributed by atoms with E-state index in [1.54, 1.807) is 24.3 Å². The van der Waals surface area contributed by atoms with Crippen LogP contribution in [0.4, 0.5) is 5.69 Å². The lowest BCUT2D eigenvalue weighted by molar-refractivity contribution is -0.122. The number of carbonyl (C=O) groups is 1. The molecule has 1 N–H and O–H groups in total. The molecule has 4 heteroatoms. The second kappa shape index (κ2) is 7.51. The van der Waals surface area contributed by atoms with Crippen LogP contribution in [0, 0.1) is 20.8 Å². The van der Waals surface area contributed by atoms with Gasteiger partial charge in [0, 0.05) is 10.7 Å². The third-order valence-electron chi connectivity index (χ3n) is 3.68. The van der Waals surface area contributed by atoms with Crippen LogP contribution in [0.1, 0.15) is 30.0 Å². The molecular weight excluding hydrogens is 310 g/mol. The Balaban J connectivity index is 2.13. The fourth-order valence-electron chi connectivity index (χ4n) is 2.58. The first-order valence-corrected chi connectivity index (χ1v) is 8.09. The van der Waals surface area contributed by atoms with Crippen molar-refractivity contribution in [1.82, 2.24) is 0 Å². The van der Waals surface area contributed by atoms with Crippen LogP contribution in [-0.4, -0.2) is 12.0 Å². The number of aryl methyl sites for hydroxylation is 3. The van der Waals surface area contributed by atoms with Crippen molar-refractivity contribution >= 4 is 23.2 Å². The van der Waals surface area contributed by atoms with Crippen LogP contribution >= 0.6 is 11.6 Å². The van der Waals surface area contributed by atoms with Gasteiger partial charge in [-0.3, -0.25) is 4.79 Å². The lowest BCUT2D eigenvalue weighted by Gasteiger charge is -2.19. The van der Waals surface area contributed by atoms with Gasteiger partial charge in [-0.1, -0.05) is 36.2 Å². The lowest BCUT2D eigenvalue weighted by Crippen LogP contribution is -2.32. The van der Waals surface area contributed by atoms with Gasteiger partial charge in [-0.25, -0.2) is 0 Å². The Bertz CT molecular complexity index is 672. The van der Waals surface area contributed by atoms with E-state index >= 15 is 0 Å². The van der Waals surface area contributed by atoms with E-state index in [2.05, 4.69) is 17.4 Å². The van der Waals surface area contributed by atoms with Crippen LogP contribution in [-0.2, 0) is 4.79 Å². The smallest absolute Gasteiger partial charge is 0.265 e. The SMILES string of the molecule is CC[C@@H](Oc1ccc(Cl)cc1)C(=O)Nc1c(C)cc(C)cc1C. The minimum Gasteiger partial charge on any atom is -0.481 e. The third kappa shape index (κ3) is 4.49. The van der Waals surface area contributed by atoms with Crippen molar-refractivity contribution in [2.24, 2.45) is 0 Å². The molecule has 2 aromatic carbocycles. The zero-order valence-electron chi connectivity index (χ0n) is 13.9. The molecule has 1 atom stereocenters. The predicted molar refractivity (Wildman–Crippen MR) is 95.4 cm³/mol. The van der Waals surface area contributed by atoms with E-state index in [1.807, 2.05) is 27.7 Å². The highest BCUT2D eigenvalue weighted by Gasteiger charge is 2.20. The molecule has 0 aromatic heterocycles. The Morgan fingerprint density at radius 2 is 1.70 bits per heavy atom. The Labute approximate surface area is 142 Å². The molecule has 23 heavy (non-hydrogen) atoms. The van der Waals surface area contributed by atoms with Crippen molar-refractivity contribution in [1.29, 1.82) is 0 Å². The largest absolute Gasteiger partial charge is 0.481 e. The number of halogens is 1. The Hall–Kier alpha value is -2.00. The Kier molecular flexibility index (Phi) is 5.67. The van der Waals surface area contributed by atoms with Gasteiger partial charge in [0.15, 0.2) is 6.10 Å². The van der Waals surface area contributed by atoms with Gasteiger partial charge in [0.25, 0.3) is 5.91 Å². The number of benzene rings is 2. The van der Waals surface area contributed by atoms with E-state index < -0.39 is 6.10 Å². The maximum absolute atomic E-state index is 12.5. The summed E-state index contributed by atoms with van der Waals surface area (Å²) in [5, 5.41) is 3.64. The van der Waals surface area contributed by atoms with Crippen LogP contribution in [0.5, 0.6) is 5.75 Å². The molecule has 3 nitrogen and oxygen atoms in total. The van der Waals surface area contributed by atoms with Crippen molar-refractivity contribution < 1.29 is 9.53 Å². The van der Waals surface area contributed by atoms with E-state index in [9.17, 15) is 4.79 Å². The molecule has 0 aliphatic carbocycles. The highest BCUT2D eigenvalue weighted by atomic mass is 35.5. The molecule has 0 radical (unpaired) electrons. The van der Waals surface area contributed by atoms with E-state index in [-0.39, 0.29) is 5.91 Å². The molecule has 0 saturated carbocycles. The quantitative estimate of drug-likeness (QED) is 0.831. The second-order valence-corrected chi connectivity index (χ2v) is 6.17. The molecule has 2 rings (SSSR count). The van der Waals surface area contributed by atoms with Gasteiger partial charge < -0.3 is 10.1 Å². The van der Waals surface area contributed by atoms with Crippen molar-refractivity contribution in [3.63, 3.8) is 0 Å². The van der Waals surface area contributed by atoms with E-state index in [0.717, 1.165) is 16.8 Å². The summed E-state index contributed by atoms with van der Waals surface area (Å²) in [6.45, 7) is 7.96. The molecule has 0 saturated heterocycles. The van der Waals surface area contributed by atoms with Crippen molar-refractivity contribution in [3.05, 3.63) is 58.1 Å². The minimum absolute atomic E-state index is 0.141. The highest BCUT2D eigenvalue weighted by Crippen LogP contribution is 2.23. The minimum atomic E-state index is -0.545. The van der Waals surface area contributed by atoms with Gasteiger partial charge in [0.1, 0.15) is 5.75 Å². The molecular formula is C19H22ClNO2. The van der Waals surface area contributed by atoms with E-state index in [0.29, 0.717) is 17.2 Å².